The third kappa shape index (κ3) is 3.97. The summed E-state index contributed by atoms with van der Waals surface area (Å²) in [6.45, 7) is 2.76. The summed E-state index contributed by atoms with van der Waals surface area (Å²) in [5.74, 6) is -0.219. The first-order valence-electron chi connectivity index (χ1n) is 5.21. The molecule has 0 atom stereocenters. The molecule has 0 spiro atoms. The summed E-state index contributed by atoms with van der Waals surface area (Å²) in [4.78, 5) is 24.9. The van der Waals surface area contributed by atoms with Crippen LogP contribution in [0.1, 0.15) is 36.7 Å². The van der Waals surface area contributed by atoms with Crippen LogP contribution < -0.4 is 10.9 Å². The van der Waals surface area contributed by atoms with Crippen LogP contribution >= 0.6 is 0 Å². The largest absolute Gasteiger partial charge is 0.351 e. The number of unbranched alkanes of at least 4 members (excludes halogenated alkanes) is 2. The molecule has 1 heterocycles. The van der Waals surface area contributed by atoms with E-state index in [1.165, 1.54) is 6.07 Å². The Hall–Kier alpha value is -1.58. The van der Waals surface area contributed by atoms with Crippen molar-refractivity contribution in [3.8, 4) is 0 Å². The molecule has 2 N–H and O–H groups in total. The zero-order valence-corrected chi connectivity index (χ0v) is 8.88. The van der Waals surface area contributed by atoms with Crippen LogP contribution in [0.3, 0.4) is 0 Å². The van der Waals surface area contributed by atoms with Crippen molar-refractivity contribution in [2.75, 3.05) is 6.54 Å². The minimum atomic E-state index is -0.254. The molecule has 1 aromatic heterocycles. The molecule has 1 amide bonds. The lowest BCUT2D eigenvalue weighted by molar-refractivity contribution is 0.0947. The number of aromatic nitrogens is 1. The van der Waals surface area contributed by atoms with Crippen molar-refractivity contribution in [3.05, 3.63) is 34.2 Å². The molecule has 0 saturated heterocycles. The predicted molar refractivity (Wildman–Crippen MR) is 58.9 cm³/mol. The van der Waals surface area contributed by atoms with Gasteiger partial charge < -0.3 is 10.3 Å². The van der Waals surface area contributed by atoms with E-state index in [4.69, 9.17) is 0 Å². The molecule has 0 unspecified atom stereocenters. The number of hydrogen-bond acceptors (Lipinski definition) is 2. The fourth-order valence-corrected chi connectivity index (χ4v) is 1.25. The monoisotopic (exact) mass is 208 g/mol. The molecule has 1 rings (SSSR count). The number of carbonyl (C=O) groups excluding carboxylic acids is 1. The SMILES string of the molecule is CCCCCNC(=O)c1cccc(=O)[nH]1. The van der Waals surface area contributed by atoms with Crippen molar-refractivity contribution in [1.82, 2.24) is 10.3 Å². The van der Waals surface area contributed by atoms with Crippen LogP contribution in [-0.4, -0.2) is 17.4 Å². The van der Waals surface area contributed by atoms with E-state index in [-0.39, 0.29) is 11.5 Å². The lowest BCUT2D eigenvalue weighted by atomic mass is 10.2. The fourth-order valence-electron chi connectivity index (χ4n) is 1.25. The van der Waals surface area contributed by atoms with E-state index in [1.54, 1.807) is 12.1 Å². The van der Waals surface area contributed by atoms with Crippen LogP contribution in [-0.2, 0) is 0 Å². The topological polar surface area (TPSA) is 62.0 Å². The summed E-state index contributed by atoms with van der Waals surface area (Å²) in [6.07, 6.45) is 3.20. The first kappa shape index (κ1) is 11.5. The Morgan fingerprint density at radius 3 is 2.87 bits per heavy atom. The van der Waals surface area contributed by atoms with Gasteiger partial charge in [0.2, 0.25) is 5.56 Å². The lowest BCUT2D eigenvalue weighted by Crippen LogP contribution is -2.26. The van der Waals surface area contributed by atoms with Crippen LogP contribution in [0, 0.1) is 0 Å². The summed E-state index contributed by atoms with van der Waals surface area (Å²) in [5, 5.41) is 2.75. The van der Waals surface area contributed by atoms with Crippen molar-refractivity contribution in [2.24, 2.45) is 0 Å². The van der Waals surface area contributed by atoms with Gasteiger partial charge in [0.1, 0.15) is 5.69 Å². The number of carbonyl (C=O) groups is 1. The smallest absolute Gasteiger partial charge is 0.267 e. The van der Waals surface area contributed by atoms with Gasteiger partial charge in [0.05, 0.1) is 0 Å². The van der Waals surface area contributed by atoms with Gasteiger partial charge in [0, 0.05) is 12.6 Å². The van der Waals surface area contributed by atoms with E-state index in [1.807, 2.05) is 0 Å². The molecule has 0 aliphatic carbocycles. The maximum atomic E-state index is 11.5. The quantitative estimate of drug-likeness (QED) is 0.716. The summed E-state index contributed by atoms with van der Waals surface area (Å²) in [7, 11) is 0. The number of pyridine rings is 1. The normalized spacial score (nSPS) is 9.93. The second-order valence-electron chi connectivity index (χ2n) is 3.39. The van der Waals surface area contributed by atoms with Gasteiger partial charge in [0.15, 0.2) is 0 Å². The van der Waals surface area contributed by atoms with Crippen molar-refractivity contribution in [2.45, 2.75) is 26.2 Å². The van der Waals surface area contributed by atoms with Gasteiger partial charge in [-0.1, -0.05) is 25.8 Å². The molecule has 0 saturated carbocycles. The summed E-state index contributed by atoms with van der Waals surface area (Å²) >= 11 is 0. The van der Waals surface area contributed by atoms with Crippen LogP contribution in [0.25, 0.3) is 0 Å². The van der Waals surface area contributed by atoms with Gasteiger partial charge in [0.25, 0.3) is 5.91 Å². The molecule has 0 bridgehead atoms. The second-order valence-corrected chi connectivity index (χ2v) is 3.39. The van der Waals surface area contributed by atoms with Crippen molar-refractivity contribution in [1.29, 1.82) is 0 Å². The maximum absolute atomic E-state index is 11.5. The highest BCUT2D eigenvalue weighted by molar-refractivity contribution is 5.92. The van der Waals surface area contributed by atoms with Crippen LogP contribution in [0.2, 0.25) is 0 Å². The van der Waals surface area contributed by atoms with Gasteiger partial charge in [-0.3, -0.25) is 9.59 Å². The molecular weight excluding hydrogens is 192 g/mol. The van der Waals surface area contributed by atoms with E-state index >= 15 is 0 Å². The zero-order chi connectivity index (χ0) is 11.1. The Bertz CT molecular complexity index is 371. The second kappa shape index (κ2) is 6.01. The highest BCUT2D eigenvalue weighted by Gasteiger charge is 2.03. The first-order chi connectivity index (χ1) is 7.24. The van der Waals surface area contributed by atoms with E-state index < -0.39 is 0 Å². The lowest BCUT2D eigenvalue weighted by Gasteiger charge is -2.03. The summed E-state index contributed by atoms with van der Waals surface area (Å²) < 4.78 is 0. The Labute approximate surface area is 88.7 Å². The molecule has 15 heavy (non-hydrogen) atoms. The molecular formula is C11H16N2O2. The van der Waals surface area contributed by atoms with Crippen LogP contribution in [0.15, 0.2) is 23.0 Å². The molecule has 0 aliphatic heterocycles. The molecule has 0 aromatic carbocycles. The predicted octanol–water partition coefficient (Wildman–Crippen LogP) is 1.29. The maximum Gasteiger partial charge on any atom is 0.267 e. The first-order valence-corrected chi connectivity index (χ1v) is 5.21. The minimum absolute atomic E-state index is 0.219. The van der Waals surface area contributed by atoms with E-state index in [0.717, 1.165) is 19.3 Å². The van der Waals surface area contributed by atoms with E-state index in [0.29, 0.717) is 12.2 Å². The molecule has 0 fully saturated rings. The number of hydrogen-bond donors (Lipinski definition) is 2. The molecule has 0 aliphatic rings. The Kier molecular flexibility index (Phi) is 4.60. The fraction of sp³-hybridized carbons (Fsp3) is 0.455. The van der Waals surface area contributed by atoms with Crippen molar-refractivity contribution < 1.29 is 4.79 Å². The standard InChI is InChI=1S/C11H16N2O2/c1-2-3-4-8-12-11(15)9-6-5-7-10(14)13-9/h5-7H,2-4,8H2,1H3,(H,12,15)(H,13,14). The number of aromatic amines is 1. The van der Waals surface area contributed by atoms with Gasteiger partial charge in [-0.2, -0.15) is 0 Å². The number of H-pyrrole nitrogens is 1. The van der Waals surface area contributed by atoms with Gasteiger partial charge >= 0.3 is 0 Å². The highest BCUT2D eigenvalue weighted by Crippen LogP contribution is 1.93. The highest BCUT2D eigenvalue weighted by atomic mass is 16.2. The molecule has 4 nitrogen and oxygen atoms in total. The Morgan fingerprint density at radius 2 is 2.20 bits per heavy atom. The van der Waals surface area contributed by atoms with Crippen molar-refractivity contribution >= 4 is 5.91 Å². The van der Waals surface area contributed by atoms with Gasteiger partial charge in [-0.25, -0.2) is 0 Å². The van der Waals surface area contributed by atoms with E-state index in [2.05, 4.69) is 17.2 Å². The third-order valence-electron chi connectivity index (χ3n) is 2.08. The third-order valence-corrected chi connectivity index (χ3v) is 2.08. The molecule has 1 aromatic rings. The molecule has 0 radical (unpaired) electrons. The Morgan fingerprint density at radius 1 is 1.40 bits per heavy atom. The average Bonchev–Trinajstić information content (AvgIpc) is 2.24. The average molecular weight is 208 g/mol. The number of nitrogens with one attached hydrogen (secondary N) is 2. The molecule has 4 heteroatoms. The van der Waals surface area contributed by atoms with Gasteiger partial charge in [-0.15, -0.1) is 0 Å². The number of rotatable bonds is 5. The molecule has 82 valence electrons. The van der Waals surface area contributed by atoms with Crippen LogP contribution in [0.4, 0.5) is 0 Å². The van der Waals surface area contributed by atoms with Crippen LogP contribution in [0.5, 0.6) is 0 Å². The minimum Gasteiger partial charge on any atom is -0.351 e. The summed E-state index contributed by atoms with van der Waals surface area (Å²) in [6, 6.07) is 4.55. The Balaban J connectivity index is 2.44. The zero-order valence-electron chi connectivity index (χ0n) is 8.88. The number of amides is 1. The van der Waals surface area contributed by atoms with Gasteiger partial charge in [-0.05, 0) is 12.5 Å². The van der Waals surface area contributed by atoms with E-state index in [9.17, 15) is 9.59 Å². The summed E-state index contributed by atoms with van der Waals surface area (Å²) in [5.41, 5.74) is 0.0650. The van der Waals surface area contributed by atoms with Crippen molar-refractivity contribution in [3.63, 3.8) is 0 Å².